The summed E-state index contributed by atoms with van der Waals surface area (Å²) >= 11 is 0. The molecule has 0 unspecified atom stereocenters. The van der Waals surface area contributed by atoms with Crippen LogP contribution in [-0.2, 0) is 11.3 Å². The van der Waals surface area contributed by atoms with Crippen molar-refractivity contribution in [3.8, 4) is 0 Å². The summed E-state index contributed by atoms with van der Waals surface area (Å²) in [5.41, 5.74) is -1.13. The summed E-state index contributed by atoms with van der Waals surface area (Å²) in [6, 6.07) is 2.04. The number of aromatic carboxylic acids is 1. The third-order valence-corrected chi connectivity index (χ3v) is 2.30. The Hall–Kier alpha value is -1.84. The average Bonchev–Trinajstić information content (AvgIpc) is 2.27. The lowest BCUT2D eigenvalue weighted by atomic mass is 10.1. The lowest BCUT2D eigenvalue weighted by Gasteiger charge is -2.23. The molecular formula is C11H7F7O3. The number of alkyl halides is 6. The largest absolute Gasteiger partial charge is 0.478 e. The van der Waals surface area contributed by atoms with Gasteiger partial charge in [0.1, 0.15) is 5.82 Å². The van der Waals surface area contributed by atoms with Gasteiger partial charge in [0.2, 0.25) is 6.10 Å². The second-order valence-corrected chi connectivity index (χ2v) is 3.89. The Bertz CT molecular complexity index is 508. The molecule has 0 spiro atoms. The summed E-state index contributed by atoms with van der Waals surface area (Å²) < 4.78 is 90.1. The van der Waals surface area contributed by atoms with Crippen LogP contribution in [0, 0.1) is 5.82 Å². The van der Waals surface area contributed by atoms with Crippen LogP contribution < -0.4 is 0 Å². The van der Waals surface area contributed by atoms with Gasteiger partial charge in [0, 0.05) is 5.56 Å². The molecule has 118 valence electrons. The van der Waals surface area contributed by atoms with Gasteiger partial charge in [-0.05, 0) is 12.1 Å². The Kier molecular flexibility index (Phi) is 4.82. The summed E-state index contributed by atoms with van der Waals surface area (Å²) in [4.78, 5) is 10.5. The van der Waals surface area contributed by atoms with E-state index in [1.165, 1.54) is 0 Å². The molecule has 0 atom stereocenters. The Balaban J connectivity index is 2.89. The molecule has 0 saturated carbocycles. The molecule has 0 fully saturated rings. The van der Waals surface area contributed by atoms with Gasteiger partial charge in [-0.1, -0.05) is 6.07 Å². The molecule has 1 aromatic rings. The van der Waals surface area contributed by atoms with Gasteiger partial charge in [-0.2, -0.15) is 26.3 Å². The Morgan fingerprint density at radius 1 is 1.14 bits per heavy atom. The van der Waals surface area contributed by atoms with Crippen molar-refractivity contribution in [1.29, 1.82) is 0 Å². The molecule has 0 amide bonds. The molecule has 0 aliphatic heterocycles. The second-order valence-electron chi connectivity index (χ2n) is 3.89. The van der Waals surface area contributed by atoms with E-state index in [0.717, 1.165) is 12.1 Å². The van der Waals surface area contributed by atoms with Gasteiger partial charge < -0.3 is 9.84 Å². The van der Waals surface area contributed by atoms with Crippen molar-refractivity contribution in [3.05, 3.63) is 35.1 Å². The fraction of sp³-hybridized carbons (Fsp3) is 0.364. The first-order valence-corrected chi connectivity index (χ1v) is 5.19. The van der Waals surface area contributed by atoms with Crippen LogP contribution in [0.2, 0.25) is 0 Å². The van der Waals surface area contributed by atoms with Gasteiger partial charge >= 0.3 is 18.3 Å². The molecule has 0 bridgehead atoms. The fourth-order valence-electron chi connectivity index (χ4n) is 1.35. The molecule has 0 heterocycles. The van der Waals surface area contributed by atoms with Crippen molar-refractivity contribution >= 4 is 5.97 Å². The van der Waals surface area contributed by atoms with Crippen LogP contribution in [-0.4, -0.2) is 29.5 Å². The highest BCUT2D eigenvalue weighted by atomic mass is 19.4. The van der Waals surface area contributed by atoms with Gasteiger partial charge in [0.15, 0.2) is 0 Å². The predicted octanol–water partition coefficient (Wildman–Crippen LogP) is 3.53. The zero-order valence-corrected chi connectivity index (χ0v) is 9.93. The van der Waals surface area contributed by atoms with Gasteiger partial charge in [0.05, 0.1) is 12.2 Å². The molecule has 3 nitrogen and oxygen atoms in total. The number of rotatable bonds is 4. The fourth-order valence-corrected chi connectivity index (χ4v) is 1.35. The van der Waals surface area contributed by atoms with E-state index in [1.54, 1.807) is 0 Å². The molecule has 1 aromatic carbocycles. The van der Waals surface area contributed by atoms with Crippen LogP contribution in [0.25, 0.3) is 0 Å². The van der Waals surface area contributed by atoms with Crippen LogP contribution in [0.4, 0.5) is 30.7 Å². The van der Waals surface area contributed by atoms with Crippen molar-refractivity contribution in [3.63, 3.8) is 0 Å². The molecule has 0 aliphatic rings. The number of benzene rings is 1. The zero-order valence-electron chi connectivity index (χ0n) is 9.93. The summed E-state index contributed by atoms with van der Waals surface area (Å²) in [5, 5.41) is 8.54. The molecule has 0 aromatic heterocycles. The number of halogens is 7. The smallest absolute Gasteiger partial charge is 0.423 e. The molecule has 21 heavy (non-hydrogen) atoms. The number of hydrogen-bond donors (Lipinski definition) is 1. The van der Waals surface area contributed by atoms with Crippen LogP contribution in [0.3, 0.4) is 0 Å². The highest BCUT2D eigenvalue weighted by Gasteiger charge is 2.58. The SMILES string of the molecule is O=C(O)c1ccc(COC(C(F)(F)F)C(F)(F)F)c(F)c1. The van der Waals surface area contributed by atoms with Gasteiger partial charge in [-0.25, -0.2) is 9.18 Å². The topological polar surface area (TPSA) is 46.5 Å². The van der Waals surface area contributed by atoms with Gasteiger partial charge in [-0.3, -0.25) is 0 Å². The number of carbonyl (C=O) groups is 1. The third kappa shape index (κ3) is 4.59. The number of ether oxygens (including phenoxy) is 1. The van der Waals surface area contributed by atoms with Crippen LogP contribution >= 0.6 is 0 Å². The predicted molar refractivity (Wildman–Crippen MR) is 54.0 cm³/mol. The quantitative estimate of drug-likeness (QED) is 0.863. The van der Waals surface area contributed by atoms with Crippen molar-refractivity contribution in [2.45, 2.75) is 25.1 Å². The van der Waals surface area contributed by atoms with Gasteiger partial charge in [-0.15, -0.1) is 0 Å². The van der Waals surface area contributed by atoms with E-state index < -0.39 is 48.0 Å². The van der Waals surface area contributed by atoms with E-state index in [-0.39, 0.29) is 0 Å². The van der Waals surface area contributed by atoms with E-state index >= 15 is 0 Å². The normalized spacial score (nSPS) is 12.8. The lowest BCUT2D eigenvalue weighted by molar-refractivity contribution is -0.324. The Labute approximate surface area is 112 Å². The monoisotopic (exact) mass is 320 g/mol. The minimum Gasteiger partial charge on any atom is -0.478 e. The van der Waals surface area contributed by atoms with Crippen molar-refractivity contribution in [1.82, 2.24) is 0 Å². The average molecular weight is 320 g/mol. The molecule has 1 rings (SSSR count). The maximum Gasteiger partial charge on any atom is 0.423 e. The van der Waals surface area contributed by atoms with E-state index in [0.29, 0.717) is 6.07 Å². The summed E-state index contributed by atoms with van der Waals surface area (Å²) in [6.45, 7) is -1.31. The Morgan fingerprint density at radius 2 is 1.67 bits per heavy atom. The van der Waals surface area contributed by atoms with Crippen LogP contribution in [0.15, 0.2) is 18.2 Å². The van der Waals surface area contributed by atoms with Crippen LogP contribution in [0.5, 0.6) is 0 Å². The summed E-state index contributed by atoms with van der Waals surface area (Å²) in [5.74, 6) is -2.78. The van der Waals surface area contributed by atoms with Crippen molar-refractivity contribution in [2.75, 3.05) is 0 Å². The lowest BCUT2D eigenvalue weighted by Crippen LogP contribution is -2.44. The van der Waals surface area contributed by atoms with Crippen molar-refractivity contribution in [2.24, 2.45) is 0 Å². The van der Waals surface area contributed by atoms with E-state index in [9.17, 15) is 35.5 Å². The number of hydrogen-bond acceptors (Lipinski definition) is 2. The van der Waals surface area contributed by atoms with Gasteiger partial charge in [0.25, 0.3) is 0 Å². The standard InChI is InChI=1S/C11H7F7O3/c12-7-3-5(8(19)20)1-2-6(7)4-21-9(10(13,14)15)11(16,17)18/h1-3,9H,4H2,(H,19,20). The number of carboxylic acids is 1. The second kappa shape index (κ2) is 5.88. The van der Waals surface area contributed by atoms with Crippen LogP contribution in [0.1, 0.15) is 15.9 Å². The third-order valence-electron chi connectivity index (χ3n) is 2.30. The Morgan fingerprint density at radius 3 is 2.05 bits per heavy atom. The van der Waals surface area contributed by atoms with E-state index in [2.05, 4.69) is 4.74 Å². The molecule has 0 aliphatic carbocycles. The summed E-state index contributed by atoms with van der Waals surface area (Å²) in [7, 11) is 0. The maximum absolute atomic E-state index is 13.3. The number of carboxylic acid groups (broad SMARTS) is 1. The highest BCUT2D eigenvalue weighted by Crippen LogP contribution is 2.36. The van der Waals surface area contributed by atoms with Crippen molar-refractivity contribution < 1.29 is 45.4 Å². The molecule has 10 heteroatoms. The zero-order chi connectivity index (χ0) is 16.4. The molecular weight excluding hydrogens is 313 g/mol. The highest BCUT2D eigenvalue weighted by molar-refractivity contribution is 5.87. The summed E-state index contributed by atoms with van der Waals surface area (Å²) in [6.07, 6.45) is -15.4. The minimum atomic E-state index is -5.70. The molecule has 0 radical (unpaired) electrons. The first-order chi connectivity index (χ1) is 9.43. The first kappa shape index (κ1) is 17.2. The molecule has 0 saturated heterocycles. The minimum absolute atomic E-state index is 0.469. The maximum atomic E-state index is 13.3. The molecule has 1 N–H and O–H groups in total. The van der Waals surface area contributed by atoms with E-state index in [1.807, 2.05) is 0 Å². The first-order valence-electron chi connectivity index (χ1n) is 5.19. The van der Waals surface area contributed by atoms with E-state index in [4.69, 9.17) is 5.11 Å².